The number of anilines is 2. The lowest BCUT2D eigenvalue weighted by atomic mass is 10.0. The minimum atomic E-state index is -1.00. The van der Waals surface area contributed by atoms with Crippen molar-refractivity contribution >= 4 is 34.7 Å². The number of aromatic nitrogens is 1. The highest BCUT2D eigenvalue weighted by molar-refractivity contribution is 7.80. The zero-order chi connectivity index (χ0) is 26.1. The number of pyridine rings is 1. The first-order valence-corrected chi connectivity index (χ1v) is 12.9. The van der Waals surface area contributed by atoms with E-state index in [0.29, 0.717) is 22.2 Å². The Bertz CT molecular complexity index is 1450. The van der Waals surface area contributed by atoms with E-state index >= 15 is 0 Å². The average Bonchev–Trinajstić information content (AvgIpc) is 3.59. The number of ether oxygens (including phenoxy) is 1. The van der Waals surface area contributed by atoms with E-state index in [-0.39, 0.29) is 17.6 Å². The Balaban J connectivity index is 1.39. The summed E-state index contributed by atoms with van der Waals surface area (Å²) in [5.74, 6) is 0.134. The number of hydrogen-bond acceptors (Lipinski definition) is 6. The van der Waals surface area contributed by atoms with Crippen LogP contribution in [0, 0.1) is 0 Å². The third-order valence-corrected chi connectivity index (χ3v) is 7.26. The number of thiocarbonyl (C=S) groups is 1. The molecule has 6 rings (SSSR count). The zero-order valence-corrected chi connectivity index (χ0v) is 21.3. The van der Waals surface area contributed by atoms with Gasteiger partial charge in [-0.05, 0) is 66.8 Å². The Labute approximate surface area is 225 Å². The maximum absolute atomic E-state index is 11.8. The molecule has 2 atom stereocenters. The molecule has 2 fully saturated rings. The fourth-order valence-electron chi connectivity index (χ4n) is 5.11. The largest absolute Gasteiger partial charge is 0.478 e. The van der Waals surface area contributed by atoms with Gasteiger partial charge in [-0.25, -0.2) is 4.79 Å². The molecule has 4 aromatic rings. The smallest absolute Gasteiger partial charge is 0.336 e. The molecular formula is C29H26N4O4S. The van der Waals surface area contributed by atoms with E-state index in [9.17, 15) is 9.90 Å². The highest BCUT2D eigenvalue weighted by Crippen LogP contribution is 2.43. The molecule has 0 unspecified atom stereocenters. The van der Waals surface area contributed by atoms with E-state index in [1.165, 1.54) is 0 Å². The van der Waals surface area contributed by atoms with E-state index in [2.05, 4.69) is 39.5 Å². The third kappa shape index (κ3) is 4.51. The lowest BCUT2D eigenvalue weighted by molar-refractivity contribution is 0.0697. The Hall–Kier alpha value is -4.21. The molecule has 2 saturated heterocycles. The molecule has 38 heavy (non-hydrogen) atoms. The highest BCUT2D eigenvalue weighted by Gasteiger charge is 2.42. The SMILES string of the molecule is O=C(O)c1ccccc1-c1ccc([C@@H]2[C@@H](c3ccccn3)NC(=S)N2c2ccc(N3CCOCC3)cc2)o1. The molecule has 0 radical (unpaired) electrons. The summed E-state index contributed by atoms with van der Waals surface area (Å²) < 4.78 is 11.8. The third-order valence-electron chi connectivity index (χ3n) is 6.94. The van der Waals surface area contributed by atoms with Crippen molar-refractivity contribution in [1.29, 1.82) is 0 Å². The fraction of sp³-hybridized carbons (Fsp3) is 0.207. The van der Waals surface area contributed by atoms with Crippen molar-refractivity contribution in [2.45, 2.75) is 12.1 Å². The number of nitrogens with zero attached hydrogens (tertiary/aromatic N) is 3. The molecule has 8 nitrogen and oxygen atoms in total. The molecule has 0 bridgehead atoms. The monoisotopic (exact) mass is 526 g/mol. The molecule has 2 aromatic carbocycles. The van der Waals surface area contributed by atoms with Gasteiger partial charge in [0.2, 0.25) is 0 Å². The van der Waals surface area contributed by atoms with Crippen LogP contribution in [-0.4, -0.2) is 47.5 Å². The summed E-state index contributed by atoms with van der Waals surface area (Å²) in [6.07, 6.45) is 1.76. The maximum atomic E-state index is 11.8. The normalized spacial score (nSPS) is 19.4. The molecule has 0 saturated carbocycles. The van der Waals surface area contributed by atoms with Crippen LogP contribution in [0.25, 0.3) is 11.3 Å². The number of carboxylic acid groups (broad SMARTS) is 1. The molecule has 192 valence electrons. The van der Waals surface area contributed by atoms with E-state index in [0.717, 1.165) is 43.4 Å². The second-order valence-corrected chi connectivity index (χ2v) is 9.55. The lowest BCUT2D eigenvalue weighted by Gasteiger charge is -2.30. The van der Waals surface area contributed by atoms with Crippen molar-refractivity contribution in [3.8, 4) is 11.3 Å². The Morgan fingerprint density at radius 3 is 2.42 bits per heavy atom. The van der Waals surface area contributed by atoms with Gasteiger partial charge >= 0.3 is 5.97 Å². The molecular weight excluding hydrogens is 500 g/mol. The van der Waals surface area contributed by atoms with E-state index < -0.39 is 5.97 Å². The number of benzene rings is 2. The predicted octanol–water partition coefficient (Wildman–Crippen LogP) is 5.05. The molecule has 9 heteroatoms. The van der Waals surface area contributed by atoms with Crippen molar-refractivity contribution in [3.63, 3.8) is 0 Å². The van der Waals surface area contributed by atoms with Crippen molar-refractivity contribution < 1.29 is 19.1 Å². The summed E-state index contributed by atoms with van der Waals surface area (Å²) in [5.41, 5.74) is 3.60. The first-order valence-electron chi connectivity index (χ1n) is 12.5. The van der Waals surface area contributed by atoms with Crippen LogP contribution < -0.4 is 15.1 Å². The molecule has 2 aliphatic rings. The molecule has 0 amide bonds. The van der Waals surface area contributed by atoms with Gasteiger partial charge in [0.05, 0.1) is 30.5 Å². The number of carboxylic acids is 1. The van der Waals surface area contributed by atoms with Crippen molar-refractivity contribution in [2.75, 3.05) is 36.1 Å². The second kappa shape index (κ2) is 10.3. The van der Waals surface area contributed by atoms with Gasteiger partial charge in [-0.15, -0.1) is 0 Å². The van der Waals surface area contributed by atoms with Gasteiger partial charge in [0.1, 0.15) is 17.6 Å². The summed E-state index contributed by atoms with van der Waals surface area (Å²) in [6.45, 7) is 3.17. The van der Waals surface area contributed by atoms with Crippen molar-refractivity contribution in [3.05, 3.63) is 102 Å². The van der Waals surface area contributed by atoms with E-state index in [4.69, 9.17) is 21.4 Å². The molecule has 4 heterocycles. The van der Waals surface area contributed by atoms with Gasteiger partial charge in [-0.1, -0.05) is 24.3 Å². The predicted molar refractivity (Wildman–Crippen MR) is 149 cm³/mol. The van der Waals surface area contributed by atoms with E-state index in [1.807, 2.05) is 35.2 Å². The Morgan fingerprint density at radius 2 is 1.68 bits per heavy atom. The number of hydrogen-bond donors (Lipinski definition) is 2. The molecule has 2 N–H and O–H groups in total. The maximum Gasteiger partial charge on any atom is 0.336 e. The summed E-state index contributed by atoms with van der Waals surface area (Å²) in [7, 11) is 0. The number of furan rings is 1. The van der Waals surface area contributed by atoms with E-state index in [1.54, 1.807) is 30.5 Å². The van der Waals surface area contributed by atoms with Crippen LogP contribution in [-0.2, 0) is 4.74 Å². The van der Waals surface area contributed by atoms with Crippen LogP contribution in [0.4, 0.5) is 11.4 Å². The molecule has 0 aliphatic carbocycles. The number of carbonyl (C=O) groups is 1. The van der Waals surface area contributed by atoms with Crippen LogP contribution in [0.2, 0.25) is 0 Å². The first kappa shape index (κ1) is 24.1. The zero-order valence-electron chi connectivity index (χ0n) is 20.5. The Kier molecular flexibility index (Phi) is 6.53. The summed E-state index contributed by atoms with van der Waals surface area (Å²) in [4.78, 5) is 20.8. The quantitative estimate of drug-likeness (QED) is 0.335. The number of nitrogens with one attached hydrogen (secondary N) is 1. The lowest BCUT2D eigenvalue weighted by Crippen LogP contribution is -2.36. The molecule has 0 spiro atoms. The van der Waals surface area contributed by atoms with Crippen LogP contribution in [0.5, 0.6) is 0 Å². The van der Waals surface area contributed by atoms with Crippen LogP contribution in [0.1, 0.15) is 33.9 Å². The standard InChI is InChI=1S/C29H26N4O4S/c34-28(35)22-6-2-1-5-21(22)24-12-13-25(37-24)27-26(23-7-3-4-14-30-23)31-29(38)33(27)20-10-8-19(9-11-20)32-15-17-36-18-16-32/h1-14,26-27H,15-18H2,(H,31,38)(H,34,35)/t26-,27-/m1/s1. The summed E-state index contributed by atoms with van der Waals surface area (Å²) in [5, 5.41) is 13.7. The highest BCUT2D eigenvalue weighted by atomic mass is 32.1. The topological polar surface area (TPSA) is 91.1 Å². The van der Waals surface area contributed by atoms with Gasteiger partial charge in [0.25, 0.3) is 0 Å². The van der Waals surface area contributed by atoms with Gasteiger partial charge in [-0.2, -0.15) is 0 Å². The van der Waals surface area contributed by atoms with Gasteiger partial charge in [-0.3, -0.25) is 4.98 Å². The number of aromatic carboxylic acids is 1. The number of morpholine rings is 1. The minimum absolute atomic E-state index is 0.185. The van der Waals surface area contributed by atoms with Crippen LogP contribution in [0.15, 0.2) is 89.5 Å². The summed E-state index contributed by atoms with van der Waals surface area (Å²) >= 11 is 5.83. The summed E-state index contributed by atoms with van der Waals surface area (Å²) in [6, 6.07) is 24.0. The van der Waals surface area contributed by atoms with Gasteiger partial charge < -0.3 is 29.4 Å². The van der Waals surface area contributed by atoms with Crippen molar-refractivity contribution in [1.82, 2.24) is 10.3 Å². The first-order chi connectivity index (χ1) is 18.6. The van der Waals surface area contributed by atoms with Gasteiger partial charge in [0, 0.05) is 36.2 Å². The van der Waals surface area contributed by atoms with Crippen LogP contribution >= 0.6 is 12.2 Å². The second-order valence-electron chi connectivity index (χ2n) is 9.17. The minimum Gasteiger partial charge on any atom is -0.478 e. The Morgan fingerprint density at radius 1 is 0.947 bits per heavy atom. The molecule has 2 aromatic heterocycles. The molecule has 2 aliphatic heterocycles. The van der Waals surface area contributed by atoms with Gasteiger partial charge in [0.15, 0.2) is 5.11 Å². The van der Waals surface area contributed by atoms with Crippen molar-refractivity contribution in [2.24, 2.45) is 0 Å². The fourth-order valence-corrected chi connectivity index (χ4v) is 5.45. The average molecular weight is 527 g/mol. The van der Waals surface area contributed by atoms with Crippen LogP contribution in [0.3, 0.4) is 0 Å². The number of rotatable bonds is 6.